The van der Waals surface area contributed by atoms with Crippen LogP contribution >= 0.6 is 0 Å². The van der Waals surface area contributed by atoms with Gasteiger partial charge < -0.3 is 0 Å². The van der Waals surface area contributed by atoms with Crippen molar-refractivity contribution in [2.24, 2.45) is 17.8 Å². The summed E-state index contributed by atoms with van der Waals surface area (Å²) in [5, 5.41) is 0. The topological polar surface area (TPSA) is 0 Å². The van der Waals surface area contributed by atoms with Gasteiger partial charge in [0.25, 0.3) is 0 Å². The lowest BCUT2D eigenvalue weighted by atomic mass is 10.0. The van der Waals surface area contributed by atoms with E-state index in [2.05, 4.69) is 0 Å². The molecule has 0 heterocycles. The summed E-state index contributed by atoms with van der Waals surface area (Å²) in [6, 6.07) is 0. The van der Waals surface area contributed by atoms with Crippen molar-refractivity contribution < 1.29 is 13.2 Å². The van der Waals surface area contributed by atoms with Crippen LogP contribution in [0.25, 0.3) is 0 Å². The van der Waals surface area contributed by atoms with Crippen LogP contribution in [0.3, 0.4) is 0 Å². The summed E-state index contributed by atoms with van der Waals surface area (Å²) in [6.45, 7) is 0. The fourth-order valence-corrected chi connectivity index (χ4v) is 2.48. The minimum Gasteiger partial charge on any atom is -0.171 e. The van der Waals surface area contributed by atoms with Gasteiger partial charge in [0.15, 0.2) is 0 Å². The van der Waals surface area contributed by atoms with Gasteiger partial charge in [-0.3, -0.25) is 0 Å². The molecule has 0 aliphatic heterocycles. The molecule has 2 rings (SSSR count). The third kappa shape index (κ3) is 1.14. The molecule has 3 heteroatoms. The standard InChI is InChI=1S/C8H11F3/c9-8(10,11)7-5-3-1-2-4-6(5)7/h5-7H,1-4H2/t5-,6+,7?. The summed E-state index contributed by atoms with van der Waals surface area (Å²) >= 11 is 0. The van der Waals surface area contributed by atoms with E-state index in [0.717, 1.165) is 25.7 Å². The number of alkyl halides is 3. The molecule has 2 aliphatic rings. The molecule has 0 aromatic rings. The molecule has 0 spiro atoms. The van der Waals surface area contributed by atoms with Crippen LogP contribution in [-0.2, 0) is 0 Å². The van der Waals surface area contributed by atoms with Gasteiger partial charge in [0.05, 0.1) is 5.92 Å². The quantitative estimate of drug-likeness (QED) is 0.516. The molecule has 0 N–H and O–H groups in total. The highest BCUT2D eigenvalue weighted by Crippen LogP contribution is 2.61. The maximum atomic E-state index is 12.1. The Bertz CT molecular complexity index is 149. The summed E-state index contributed by atoms with van der Waals surface area (Å²) in [5.41, 5.74) is 0. The van der Waals surface area contributed by atoms with E-state index in [4.69, 9.17) is 0 Å². The van der Waals surface area contributed by atoms with Crippen molar-refractivity contribution >= 4 is 0 Å². The van der Waals surface area contributed by atoms with E-state index in [0.29, 0.717) is 0 Å². The molecule has 0 amide bonds. The third-order valence-electron chi connectivity index (χ3n) is 3.03. The first-order valence-corrected chi connectivity index (χ1v) is 4.17. The van der Waals surface area contributed by atoms with Crippen LogP contribution in [0.15, 0.2) is 0 Å². The van der Waals surface area contributed by atoms with Gasteiger partial charge in [0.1, 0.15) is 0 Å². The van der Waals surface area contributed by atoms with Gasteiger partial charge in [-0.2, -0.15) is 13.2 Å². The Balaban J connectivity index is 2.00. The Hall–Kier alpha value is -0.210. The van der Waals surface area contributed by atoms with E-state index in [-0.39, 0.29) is 11.8 Å². The Kier molecular flexibility index (Phi) is 1.45. The molecular formula is C8H11F3. The van der Waals surface area contributed by atoms with Crippen LogP contribution in [0.5, 0.6) is 0 Å². The predicted octanol–water partition coefficient (Wildman–Crippen LogP) is 2.98. The number of hydrogen-bond donors (Lipinski definition) is 0. The van der Waals surface area contributed by atoms with Crippen molar-refractivity contribution in [3.05, 3.63) is 0 Å². The van der Waals surface area contributed by atoms with Crippen molar-refractivity contribution in [1.82, 2.24) is 0 Å². The van der Waals surface area contributed by atoms with Crippen molar-refractivity contribution in [2.45, 2.75) is 31.9 Å². The van der Waals surface area contributed by atoms with Crippen molar-refractivity contribution in [3.63, 3.8) is 0 Å². The highest BCUT2D eigenvalue weighted by atomic mass is 19.4. The molecule has 0 aromatic heterocycles. The monoisotopic (exact) mass is 164 g/mol. The highest BCUT2D eigenvalue weighted by Gasteiger charge is 2.63. The molecule has 0 nitrogen and oxygen atoms in total. The Morgan fingerprint density at radius 2 is 1.36 bits per heavy atom. The van der Waals surface area contributed by atoms with E-state index in [9.17, 15) is 13.2 Å². The van der Waals surface area contributed by atoms with E-state index in [1.54, 1.807) is 0 Å². The molecule has 0 saturated heterocycles. The second kappa shape index (κ2) is 2.14. The smallest absolute Gasteiger partial charge is 0.171 e. The second-order valence-electron chi connectivity index (χ2n) is 3.68. The van der Waals surface area contributed by atoms with E-state index >= 15 is 0 Å². The Labute approximate surface area is 63.8 Å². The van der Waals surface area contributed by atoms with Gasteiger partial charge in [-0.15, -0.1) is 0 Å². The Morgan fingerprint density at radius 1 is 0.909 bits per heavy atom. The fraction of sp³-hybridized carbons (Fsp3) is 1.00. The van der Waals surface area contributed by atoms with Crippen LogP contribution in [0.1, 0.15) is 25.7 Å². The molecule has 0 radical (unpaired) electrons. The highest BCUT2D eigenvalue weighted by molar-refractivity contribution is 5.02. The van der Waals surface area contributed by atoms with Gasteiger partial charge in [-0.25, -0.2) is 0 Å². The molecule has 0 aromatic carbocycles. The number of rotatable bonds is 0. The lowest BCUT2D eigenvalue weighted by Crippen LogP contribution is -2.12. The fourth-order valence-electron chi connectivity index (χ4n) is 2.48. The number of hydrogen-bond acceptors (Lipinski definition) is 0. The summed E-state index contributed by atoms with van der Waals surface area (Å²) in [5.74, 6) is -0.919. The molecule has 64 valence electrons. The maximum absolute atomic E-state index is 12.1. The first-order chi connectivity index (χ1) is 5.11. The summed E-state index contributed by atoms with van der Waals surface area (Å²) < 4.78 is 36.4. The second-order valence-corrected chi connectivity index (χ2v) is 3.68. The van der Waals surface area contributed by atoms with Gasteiger partial charge in [-0.05, 0) is 24.7 Å². The molecular weight excluding hydrogens is 153 g/mol. The molecule has 0 bridgehead atoms. The van der Waals surface area contributed by atoms with Crippen LogP contribution in [0.4, 0.5) is 13.2 Å². The average Bonchev–Trinajstić information content (AvgIpc) is 2.58. The van der Waals surface area contributed by atoms with Gasteiger partial charge in [0.2, 0.25) is 0 Å². The van der Waals surface area contributed by atoms with Crippen LogP contribution in [0, 0.1) is 17.8 Å². The normalized spacial score (nSPS) is 43.4. The predicted molar refractivity (Wildman–Crippen MR) is 35.0 cm³/mol. The zero-order valence-corrected chi connectivity index (χ0v) is 6.19. The van der Waals surface area contributed by atoms with Crippen LogP contribution in [-0.4, -0.2) is 6.18 Å². The molecule has 2 aliphatic carbocycles. The SMILES string of the molecule is FC(F)(F)C1[C@H]2CCCC[C@@H]12. The lowest BCUT2D eigenvalue weighted by molar-refractivity contribution is -0.153. The molecule has 3 atom stereocenters. The summed E-state index contributed by atoms with van der Waals surface area (Å²) in [4.78, 5) is 0. The molecule has 2 saturated carbocycles. The first kappa shape index (κ1) is 7.44. The van der Waals surface area contributed by atoms with Crippen molar-refractivity contribution in [1.29, 1.82) is 0 Å². The minimum absolute atomic E-state index is 0.00347. The van der Waals surface area contributed by atoms with Gasteiger partial charge in [-0.1, -0.05) is 12.8 Å². The third-order valence-corrected chi connectivity index (χ3v) is 3.03. The maximum Gasteiger partial charge on any atom is 0.392 e. The zero-order valence-electron chi connectivity index (χ0n) is 6.19. The molecule has 2 fully saturated rings. The largest absolute Gasteiger partial charge is 0.392 e. The van der Waals surface area contributed by atoms with Crippen molar-refractivity contribution in [3.8, 4) is 0 Å². The van der Waals surface area contributed by atoms with Gasteiger partial charge in [0, 0.05) is 0 Å². The molecule has 1 unspecified atom stereocenters. The average molecular weight is 164 g/mol. The summed E-state index contributed by atoms with van der Waals surface area (Å²) in [7, 11) is 0. The zero-order chi connectivity index (χ0) is 8.06. The van der Waals surface area contributed by atoms with E-state index in [1.165, 1.54) is 0 Å². The number of halogens is 3. The lowest BCUT2D eigenvalue weighted by Gasteiger charge is -2.04. The minimum atomic E-state index is -3.90. The summed E-state index contributed by atoms with van der Waals surface area (Å²) in [6.07, 6.45) is -0.259. The van der Waals surface area contributed by atoms with E-state index in [1.807, 2.05) is 0 Å². The van der Waals surface area contributed by atoms with Crippen molar-refractivity contribution in [2.75, 3.05) is 0 Å². The molecule has 11 heavy (non-hydrogen) atoms. The van der Waals surface area contributed by atoms with Gasteiger partial charge >= 0.3 is 6.18 Å². The van der Waals surface area contributed by atoms with Crippen LogP contribution < -0.4 is 0 Å². The Morgan fingerprint density at radius 3 is 1.73 bits per heavy atom. The van der Waals surface area contributed by atoms with E-state index < -0.39 is 12.1 Å². The van der Waals surface area contributed by atoms with Crippen LogP contribution in [0.2, 0.25) is 0 Å². The first-order valence-electron chi connectivity index (χ1n) is 4.17. The number of fused-ring (bicyclic) bond motifs is 1.